The number of carbonyl (C=O) groups is 1. The number of amides is 1. The summed E-state index contributed by atoms with van der Waals surface area (Å²) in [6.07, 6.45) is 2.21. The molecule has 0 aromatic heterocycles. The highest BCUT2D eigenvalue weighted by atomic mass is 79.9. The van der Waals surface area contributed by atoms with Crippen molar-refractivity contribution in [2.45, 2.75) is 12.8 Å². The Labute approximate surface area is 129 Å². The van der Waals surface area contributed by atoms with Gasteiger partial charge in [0.15, 0.2) is 0 Å². The molecule has 1 amide bonds. The Hall–Kier alpha value is -0.0600. The van der Waals surface area contributed by atoms with E-state index in [1.54, 1.807) is 12.1 Å². The van der Waals surface area contributed by atoms with Crippen molar-refractivity contribution >= 4 is 49.4 Å². The zero-order valence-electron chi connectivity index (χ0n) is 9.83. The van der Waals surface area contributed by atoms with Gasteiger partial charge in [0.2, 0.25) is 0 Å². The second-order valence-corrected chi connectivity index (χ2v) is 6.62. The predicted molar refractivity (Wildman–Crippen MR) is 81.6 cm³/mol. The second kappa shape index (κ2) is 6.40. The van der Waals surface area contributed by atoms with E-state index in [2.05, 4.69) is 31.9 Å². The van der Waals surface area contributed by atoms with Crippen molar-refractivity contribution in [2.24, 2.45) is 5.92 Å². The van der Waals surface area contributed by atoms with Crippen LogP contribution in [0, 0.1) is 5.92 Å². The minimum absolute atomic E-state index is 0.0402. The van der Waals surface area contributed by atoms with Gasteiger partial charge in [0, 0.05) is 22.9 Å². The molecule has 1 saturated heterocycles. The van der Waals surface area contributed by atoms with Crippen LogP contribution in [0.25, 0.3) is 0 Å². The Morgan fingerprint density at radius 2 is 2.28 bits per heavy atom. The molecule has 18 heavy (non-hydrogen) atoms. The normalized spacial score (nSPS) is 19.3. The van der Waals surface area contributed by atoms with Crippen LogP contribution < -0.4 is 0 Å². The molecule has 2 rings (SSSR count). The topological polar surface area (TPSA) is 20.3 Å². The lowest BCUT2D eigenvalue weighted by molar-refractivity contribution is 0.0787. The van der Waals surface area contributed by atoms with E-state index in [0.29, 0.717) is 16.5 Å². The second-order valence-electron chi connectivity index (χ2n) is 4.51. The fraction of sp³-hybridized carbons (Fsp3) is 0.462. The zero-order chi connectivity index (χ0) is 13.1. The van der Waals surface area contributed by atoms with Gasteiger partial charge in [0.1, 0.15) is 0 Å². The lowest BCUT2D eigenvalue weighted by Crippen LogP contribution is -2.29. The molecule has 1 aromatic carbocycles. The number of likely N-dealkylation sites (tertiary alicyclic amines) is 1. The quantitative estimate of drug-likeness (QED) is 0.697. The number of benzene rings is 1. The first kappa shape index (κ1) is 14.4. The van der Waals surface area contributed by atoms with Crippen molar-refractivity contribution in [3.8, 4) is 0 Å². The molecule has 1 fully saturated rings. The predicted octanol–water partition coefficient (Wildman–Crippen LogP) is 4.35. The molecule has 2 nitrogen and oxygen atoms in total. The van der Waals surface area contributed by atoms with Gasteiger partial charge in [-0.3, -0.25) is 4.79 Å². The van der Waals surface area contributed by atoms with E-state index >= 15 is 0 Å². The van der Waals surface area contributed by atoms with E-state index in [-0.39, 0.29) is 5.91 Å². The van der Waals surface area contributed by atoms with Crippen LogP contribution in [-0.4, -0.2) is 29.2 Å². The van der Waals surface area contributed by atoms with E-state index in [1.165, 1.54) is 0 Å². The maximum Gasteiger partial charge on any atom is 0.255 e. The largest absolute Gasteiger partial charge is 0.338 e. The molecule has 0 spiro atoms. The molecule has 1 atom stereocenters. The van der Waals surface area contributed by atoms with E-state index in [1.807, 2.05) is 11.0 Å². The summed E-state index contributed by atoms with van der Waals surface area (Å²) in [6, 6.07) is 5.39. The first-order valence-corrected chi connectivity index (χ1v) is 8.21. The minimum atomic E-state index is 0.0402. The van der Waals surface area contributed by atoms with Crippen LogP contribution in [0.4, 0.5) is 0 Å². The van der Waals surface area contributed by atoms with Crippen LogP contribution in [0.2, 0.25) is 5.02 Å². The first-order chi connectivity index (χ1) is 8.61. The van der Waals surface area contributed by atoms with Crippen molar-refractivity contribution in [1.29, 1.82) is 0 Å². The van der Waals surface area contributed by atoms with Crippen molar-refractivity contribution in [1.82, 2.24) is 4.90 Å². The summed E-state index contributed by atoms with van der Waals surface area (Å²) in [5.74, 6) is 0.651. The highest BCUT2D eigenvalue weighted by Crippen LogP contribution is 2.26. The molecule has 0 aliphatic carbocycles. The van der Waals surface area contributed by atoms with E-state index in [4.69, 9.17) is 11.6 Å². The minimum Gasteiger partial charge on any atom is -0.338 e. The van der Waals surface area contributed by atoms with E-state index < -0.39 is 0 Å². The van der Waals surface area contributed by atoms with Crippen molar-refractivity contribution in [2.75, 3.05) is 18.4 Å². The summed E-state index contributed by atoms with van der Waals surface area (Å²) in [5, 5.41) is 1.52. The van der Waals surface area contributed by atoms with Crippen LogP contribution in [0.1, 0.15) is 23.2 Å². The molecule has 1 aliphatic heterocycles. The fourth-order valence-electron chi connectivity index (χ4n) is 2.24. The van der Waals surface area contributed by atoms with Crippen LogP contribution in [0.15, 0.2) is 22.7 Å². The van der Waals surface area contributed by atoms with Gasteiger partial charge in [-0.2, -0.15) is 0 Å². The molecule has 0 saturated carbocycles. The zero-order valence-corrected chi connectivity index (χ0v) is 13.8. The average molecular weight is 396 g/mol. The van der Waals surface area contributed by atoms with Gasteiger partial charge in [-0.25, -0.2) is 0 Å². The number of nitrogens with zero attached hydrogens (tertiary/aromatic N) is 1. The molecular formula is C13H14Br2ClNO. The van der Waals surface area contributed by atoms with Gasteiger partial charge in [0.05, 0.1) is 10.6 Å². The third-order valence-electron chi connectivity index (χ3n) is 3.25. The maximum atomic E-state index is 12.4. The first-order valence-electron chi connectivity index (χ1n) is 5.92. The summed E-state index contributed by atoms with van der Waals surface area (Å²) in [4.78, 5) is 14.3. The van der Waals surface area contributed by atoms with Crippen molar-refractivity contribution in [3.63, 3.8) is 0 Å². The summed E-state index contributed by atoms with van der Waals surface area (Å²) >= 11 is 12.9. The summed E-state index contributed by atoms with van der Waals surface area (Å²) in [5.41, 5.74) is 0.588. The van der Waals surface area contributed by atoms with Crippen LogP contribution in [0.5, 0.6) is 0 Å². The molecule has 5 heteroatoms. The lowest BCUT2D eigenvalue weighted by Gasteiger charge is -2.17. The van der Waals surface area contributed by atoms with Gasteiger partial charge >= 0.3 is 0 Å². The molecule has 1 aromatic rings. The maximum absolute atomic E-state index is 12.4. The number of carbonyl (C=O) groups excluding carboxylic acids is 1. The molecule has 1 aliphatic rings. The van der Waals surface area contributed by atoms with Gasteiger partial charge in [-0.05, 0) is 37.0 Å². The Morgan fingerprint density at radius 3 is 3.00 bits per heavy atom. The fourth-order valence-corrected chi connectivity index (χ4v) is 3.45. The Kier molecular flexibility index (Phi) is 5.10. The summed E-state index contributed by atoms with van der Waals surface area (Å²) < 4.78 is 0.881. The van der Waals surface area contributed by atoms with Crippen molar-refractivity contribution < 1.29 is 4.79 Å². The van der Waals surface area contributed by atoms with Gasteiger partial charge < -0.3 is 4.90 Å². The lowest BCUT2D eigenvalue weighted by atomic mass is 10.1. The summed E-state index contributed by atoms with van der Waals surface area (Å²) in [6.45, 7) is 1.67. The van der Waals surface area contributed by atoms with Gasteiger partial charge in [-0.1, -0.05) is 43.5 Å². The highest BCUT2D eigenvalue weighted by molar-refractivity contribution is 9.10. The highest BCUT2D eigenvalue weighted by Gasteiger charge is 2.27. The summed E-state index contributed by atoms with van der Waals surface area (Å²) in [7, 11) is 0. The third-order valence-corrected chi connectivity index (χ3v) is 4.53. The Bertz CT molecular complexity index is 453. The van der Waals surface area contributed by atoms with Gasteiger partial charge in [0.25, 0.3) is 5.91 Å². The van der Waals surface area contributed by atoms with Crippen molar-refractivity contribution in [3.05, 3.63) is 33.3 Å². The molecule has 1 unspecified atom stereocenters. The van der Waals surface area contributed by atoms with Gasteiger partial charge in [-0.15, -0.1) is 0 Å². The SMILES string of the molecule is O=C(c1cc(Br)ccc1Cl)N1CCC(CCBr)C1. The Morgan fingerprint density at radius 1 is 1.50 bits per heavy atom. The van der Waals surface area contributed by atoms with Crippen LogP contribution in [-0.2, 0) is 0 Å². The number of rotatable bonds is 3. The molecule has 0 bridgehead atoms. The van der Waals surface area contributed by atoms with Crippen LogP contribution in [0.3, 0.4) is 0 Å². The molecular weight excluding hydrogens is 381 g/mol. The smallest absolute Gasteiger partial charge is 0.255 e. The molecule has 0 N–H and O–H groups in total. The van der Waals surface area contributed by atoms with E-state index in [9.17, 15) is 4.79 Å². The standard InChI is InChI=1S/C13H14Br2ClNO/c14-5-3-9-4-6-17(8-9)13(18)11-7-10(15)1-2-12(11)16/h1-2,7,9H,3-6,8H2. The monoisotopic (exact) mass is 393 g/mol. The number of hydrogen-bond donors (Lipinski definition) is 0. The average Bonchev–Trinajstić information content (AvgIpc) is 2.80. The number of alkyl halides is 1. The van der Waals surface area contributed by atoms with Crippen LogP contribution >= 0.6 is 43.5 Å². The molecule has 0 radical (unpaired) electrons. The Balaban J connectivity index is 2.10. The van der Waals surface area contributed by atoms with E-state index in [0.717, 1.165) is 35.7 Å². The molecule has 1 heterocycles. The number of hydrogen-bond acceptors (Lipinski definition) is 1. The molecule has 98 valence electrons. The third kappa shape index (κ3) is 3.28. The number of halogens is 3.